The fourth-order valence-electron chi connectivity index (χ4n) is 1.70. The predicted molar refractivity (Wildman–Crippen MR) is 45.2 cm³/mol. The molecule has 70 valence electrons. The number of hydrogen-bond acceptors (Lipinski definition) is 4. The Labute approximate surface area is 72.6 Å². The zero-order valence-corrected chi connectivity index (χ0v) is 7.38. The molecule has 2 atom stereocenters. The summed E-state index contributed by atoms with van der Waals surface area (Å²) in [5, 5.41) is 6.80. The molecule has 2 saturated heterocycles. The van der Waals surface area contributed by atoms with Gasteiger partial charge in [0.05, 0.1) is 25.4 Å². The Balaban J connectivity index is 1.77. The first-order valence-corrected chi connectivity index (χ1v) is 4.47. The van der Waals surface area contributed by atoms with E-state index in [4.69, 9.17) is 9.47 Å². The molecule has 0 bridgehead atoms. The number of ether oxygens (including phenoxy) is 2. The van der Waals surface area contributed by atoms with Crippen molar-refractivity contribution in [2.24, 2.45) is 0 Å². The fraction of sp³-hybridized carbons (Fsp3) is 1.00. The molecule has 2 aliphatic rings. The molecule has 0 aromatic rings. The van der Waals surface area contributed by atoms with Crippen LogP contribution in [0.1, 0.15) is 0 Å². The monoisotopic (exact) mass is 172 g/mol. The highest BCUT2D eigenvalue weighted by atomic mass is 16.5. The van der Waals surface area contributed by atoms with E-state index in [1.807, 2.05) is 0 Å². The highest BCUT2D eigenvalue weighted by molar-refractivity contribution is 4.91. The van der Waals surface area contributed by atoms with Gasteiger partial charge in [0.15, 0.2) is 0 Å². The lowest BCUT2D eigenvalue weighted by molar-refractivity contribution is -0.0183. The van der Waals surface area contributed by atoms with Gasteiger partial charge in [0.25, 0.3) is 0 Å². The fourth-order valence-corrected chi connectivity index (χ4v) is 1.70. The highest BCUT2D eigenvalue weighted by Crippen LogP contribution is 2.08. The maximum absolute atomic E-state index is 5.33. The van der Waals surface area contributed by atoms with Crippen molar-refractivity contribution >= 4 is 0 Å². The van der Waals surface area contributed by atoms with Gasteiger partial charge in [-0.05, 0) is 0 Å². The van der Waals surface area contributed by atoms with Crippen LogP contribution in [0.25, 0.3) is 0 Å². The minimum atomic E-state index is 0.325. The van der Waals surface area contributed by atoms with Gasteiger partial charge in [0, 0.05) is 26.2 Å². The van der Waals surface area contributed by atoms with E-state index in [9.17, 15) is 0 Å². The Kier molecular flexibility index (Phi) is 2.60. The molecule has 4 nitrogen and oxygen atoms in total. The van der Waals surface area contributed by atoms with Crippen LogP contribution in [0.4, 0.5) is 0 Å². The van der Waals surface area contributed by atoms with Crippen molar-refractivity contribution in [3.63, 3.8) is 0 Å². The van der Waals surface area contributed by atoms with Crippen molar-refractivity contribution in [2.45, 2.75) is 18.2 Å². The molecular formula is C8H16N2O2. The summed E-state index contributed by atoms with van der Waals surface area (Å²) >= 11 is 0. The van der Waals surface area contributed by atoms with E-state index < -0.39 is 0 Å². The molecule has 0 radical (unpaired) electrons. The minimum absolute atomic E-state index is 0.325. The number of methoxy groups -OCH3 is 1. The first-order chi connectivity index (χ1) is 5.90. The second kappa shape index (κ2) is 3.70. The standard InChI is InChI=1S/C8H16N2O2/c1-11-8-3-9-2-7(8)10-6-4-12-5-6/h6-10H,2-5H2,1H3/t7-,8+/m0/s1. The summed E-state index contributed by atoms with van der Waals surface area (Å²) < 4.78 is 10.4. The van der Waals surface area contributed by atoms with Crippen LogP contribution < -0.4 is 10.6 Å². The third-order valence-corrected chi connectivity index (χ3v) is 2.55. The Morgan fingerprint density at radius 1 is 1.42 bits per heavy atom. The maximum atomic E-state index is 5.33. The van der Waals surface area contributed by atoms with Crippen molar-refractivity contribution in [2.75, 3.05) is 33.4 Å². The molecule has 0 aliphatic carbocycles. The van der Waals surface area contributed by atoms with Crippen LogP contribution in [0.15, 0.2) is 0 Å². The topological polar surface area (TPSA) is 42.5 Å². The zero-order chi connectivity index (χ0) is 8.39. The van der Waals surface area contributed by atoms with E-state index in [-0.39, 0.29) is 0 Å². The quantitative estimate of drug-likeness (QED) is 0.571. The van der Waals surface area contributed by atoms with E-state index in [1.54, 1.807) is 7.11 Å². The average Bonchev–Trinajstić information content (AvgIpc) is 2.43. The van der Waals surface area contributed by atoms with E-state index in [2.05, 4.69) is 10.6 Å². The predicted octanol–water partition coefficient (Wildman–Crippen LogP) is -1.04. The van der Waals surface area contributed by atoms with Gasteiger partial charge in [-0.1, -0.05) is 0 Å². The molecule has 0 aromatic carbocycles. The SMILES string of the molecule is CO[C@@H]1CNC[C@@H]1NC1COC1. The molecule has 12 heavy (non-hydrogen) atoms. The second-order valence-electron chi connectivity index (χ2n) is 3.44. The van der Waals surface area contributed by atoms with E-state index in [0.717, 1.165) is 26.3 Å². The molecule has 0 unspecified atom stereocenters. The molecule has 2 fully saturated rings. The van der Waals surface area contributed by atoms with Crippen LogP contribution in [0.2, 0.25) is 0 Å². The average molecular weight is 172 g/mol. The molecule has 2 aliphatic heterocycles. The highest BCUT2D eigenvalue weighted by Gasteiger charge is 2.30. The zero-order valence-electron chi connectivity index (χ0n) is 7.38. The van der Waals surface area contributed by atoms with Crippen molar-refractivity contribution in [1.82, 2.24) is 10.6 Å². The minimum Gasteiger partial charge on any atom is -0.378 e. The van der Waals surface area contributed by atoms with Crippen LogP contribution in [0.5, 0.6) is 0 Å². The molecule has 0 spiro atoms. The number of hydrogen-bond donors (Lipinski definition) is 2. The van der Waals surface area contributed by atoms with Crippen LogP contribution in [-0.2, 0) is 9.47 Å². The van der Waals surface area contributed by atoms with E-state index in [1.165, 1.54) is 0 Å². The van der Waals surface area contributed by atoms with Crippen molar-refractivity contribution in [3.8, 4) is 0 Å². The number of rotatable bonds is 3. The molecule has 2 N–H and O–H groups in total. The summed E-state index contributed by atoms with van der Waals surface area (Å²) in [4.78, 5) is 0. The lowest BCUT2D eigenvalue weighted by Gasteiger charge is -2.31. The summed E-state index contributed by atoms with van der Waals surface area (Å²) in [5.41, 5.74) is 0. The molecule has 2 heterocycles. The third-order valence-electron chi connectivity index (χ3n) is 2.55. The Bertz CT molecular complexity index is 150. The van der Waals surface area contributed by atoms with Crippen LogP contribution in [0.3, 0.4) is 0 Å². The van der Waals surface area contributed by atoms with Crippen LogP contribution in [-0.4, -0.2) is 51.6 Å². The Hall–Kier alpha value is -0.160. The summed E-state index contributed by atoms with van der Waals surface area (Å²) in [6.45, 7) is 3.68. The third kappa shape index (κ3) is 1.61. The van der Waals surface area contributed by atoms with Gasteiger partial charge in [-0.25, -0.2) is 0 Å². The van der Waals surface area contributed by atoms with Gasteiger partial charge in [0.1, 0.15) is 0 Å². The summed E-state index contributed by atoms with van der Waals surface area (Å²) in [6, 6.07) is 1.01. The van der Waals surface area contributed by atoms with Gasteiger partial charge >= 0.3 is 0 Å². The van der Waals surface area contributed by atoms with Gasteiger partial charge in [-0.3, -0.25) is 0 Å². The Morgan fingerprint density at radius 3 is 2.83 bits per heavy atom. The van der Waals surface area contributed by atoms with Gasteiger partial charge < -0.3 is 20.1 Å². The smallest absolute Gasteiger partial charge is 0.0860 e. The molecule has 2 rings (SSSR count). The second-order valence-corrected chi connectivity index (χ2v) is 3.44. The first-order valence-electron chi connectivity index (χ1n) is 4.47. The lowest BCUT2D eigenvalue weighted by atomic mass is 10.1. The molecule has 0 saturated carbocycles. The van der Waals surface area contributed by atoms with Crippen molar-refractivity contribution in [3.05, 3.63) is 0 Å². The van der Waals surface area contributed by atoms with Gasteiger partial charge in [0.2, 0.25) is 0 Å². The molecular weight excluding hydrogens is 156 g/mol. The summed E-state index contributed by atoms with van der Waals surface area (Å²) in [7, 11) is 1.77. The first kappa shape index (κ1) is 8.44. The maximum Gasteiger partial charge on any atom is 0.0860 e. The van der Waals surface area contributed by atoms with Gasteiger partial charge in [-0.15, -0.1) is 0 Å². The normalized spacial score (nSPS) is 36.8. The molecule has 4 heteroatoms. The van der Waals surface area contributed by atoms with Crippen LogP contribution >= 0.6 is 0 Å². The van der Waals surface area contributed by atoms with Crippen LogP contribution in [0, 0.1) is 0 Å². The van der Waals surface area contributed by atoms with E-state index in [0.29, 0.717) is 18.2 Å². The molecule has 0 amide bonds. The van der Waals surface area contributed by atoms with Crippen molar-refractivity contribution < 1.29 is 9.47 Å². The lowest BCUT2D eigenvalue weighted by Crippen LogP contribution is -2.54. The summed E-state index contributed by atoms with van der Waals surface area (Å²) in [6.07, 6.45) is 0.325. The van der Waals surface area contributed by atoms with Gasteiger partial charge in [-0.2, -0.15) is 0 Å². The number of nitrogens with one attached hydrogen (secondary N) is 2. The van der Waals surface area contributed by atoms with Crippen molar-refractivity contribution in [1.29, 1.82) is 0 Å². The summed E-state index contributed by atoms with van der Waals surface area (Å²) in [5.74, 6) is 0. The largest absolute Gasteiger partial charge is 0.378 e. The Morgan fingerprint density at radius 2 is 2.25 bits per heavy atom. The van der Waals surface area contributed by atoms with E-state index >= 15 is 0 Å². The molecule has 0 aromatic heterocycles.